The molecule has 4 heteroatoms. The minimum Gasteiger partial charge on any atom is -0.322 e. The Kier molecular flexibility index (Phi) is 3.46. The van der Waals surface area contributed by atoms with E-state index in [2.05, 4.69) is 22.2 Å². The number of nitrogens with one attached hydrogen (secondary N) is 1. The molecule has 1 aliphatic carbocycles. The molecule has 1 N–H and O–H groups in total. The van der Waals surface area contributed by atoms with Crippen LogP contribution in [0.5, 0.6) is 0 Å². The quantitative estimate of drug-likeness (QED) is 0.925. The number of carbonyl (C=O) groups is 1. The van der Waals surface area contributed by atoms with Crippen molar-refractivity contribution in [2.45, 2.75) is 32.1 Å². The highest BCUT2D eigenvalue weighted by Crippen LogP contribution is 2.37. The van der Waals surface area contributed by atoms with Crippen LogP contribution in [0.1, 0.15) is 47.4 Å². The molecule has 0 radical (unpaired) electrons. The third kappa shape index (κ3) is 2.85. The standard InChI is InChI=1S/C16H17N3O/c1-2-11-3-7-14(8-4-11)19-16(20)13-9-17-15(18-10-13)12-5-6-12/h3-4,7-10,12H,2,5-6H2,1H3,(H,19,20). The van der Waals surface area contributed by atoms with E-state index in [1.165, 1.54) is 5.56 Å². The normalized spacial score (nSPS) is 14.1. The van der Waals surface area contributed by atoms with Crippen LogP contribution in [0.15, 0.2) is 36.7 Å². The minimum absolute atomic E-state index is 0.170. The molecule has 1 aliphatic rings. The smallest absolute Gasteiger partial charge is 0.258 e. The molecule has 0 saturated heterocycles. The topological polar surface area (TPSA) is 54.9 Å². The molecule has 0 aliphatic heterocycles. The Labute approximate surface area is 118 Å². The zero-order chi connectivity index (χ0) is 13.9. The lowest BCUT2D eigenvalue weighted by Gasteiger charge is -2.06. The lowest BCUT2D eigenvalue weighted by molar-refractivity contribution is 0.102. The minimum atomic E-state index is -0.170. The summed E-state index contributed by atoms with van der Waals surface area (Å²) < 4.78 is 0. The van der Waals surface area contributed by atoms with Crippen LogP contribution in [-0.2, 0) is 6.42 Å². The van der Waals surface area contributed by atoms with Crippen molar-refractivity contribution in [2.75, 3.05) is 5.32 Å². The lowest BCUT2D eigenvalue weighted by atomic mass is 10.1. The second-order valence-electron chi connectivity index (χ2n) is 5.11. The van der Waals surface area contributed by atoms with Gasteiger partial charge in [-0.25, -0.2) is 9.97 Å². The van der Waals surface area contributed by atoms with E-state index in [9.17, 15) is 4.79 Å². The summed E-state index contributed by atoms with van der Waals surface area (Å²) in [5.41, 5.74) is 2.53. The molecule has 1 aromatic heterocycles. The van der Waals surface area contributed by atoms with Gasteiger partial charge in [-0.15, -0.1) is 0 Å². The molecule has 1 saturated carbocycles. The van der Waals surface area contributed by atoms with Crippen LogP contribution >= 0.6 is 0 Å². The molecule has 0 spiro atoms. The largest absolute Gasteiger partial charge is 0.322 e. The lowest BCUT2D eigenvalue weighted by Crippen LogP contribution is -2.13. The first-order valence-electron chi connectivity index (χ1n) is 6.98. The van der Waals surface area contributed by atoms with Crippen molar-refractivity contribution in [3.05, 3.63) is 53.6 Å². The zero-order valence-corrected chi connectivity index (χ0v) is 11.5. The number of rotatable bonds is 4. The second kappa shape index (κ2) is 5.41. The number of aryl methyl sites for hydroxylation is 1. The van der Waals surface area contributed by atoms with Gasteiger partial charge < -0.3 is 5.32 Å². The van der Waals surface area contributed by atoms with Crippen LogP contribution in [0.25, 0.3) is 0 Å². The Balaban J connectivity index is 1.68. The third-order valence-electron chi connectivity index (χ3n) is 3.50. The number of aromatic nitrogens is 2. The van der Waals surface area contributed by atoms with Crippen LogP contribution in [0.3, 0.4) is 0 Å². The summed E-state index contributed by atoms with van der Waals surface area (Å²) in [4.78, 5) is 20.6. The first kappa shape index (κ1) is 12.8. The zero-order valence-electron chi connectivity index (χ0n) is 11.5. The SMILES string of the molecule is CCc1ccc(NC(=O)c2cnc(C3CC3)nc2)cc1. The summed E-state index contributed by atoms with van der Waals surface area (Å²) in [7, 11) is 0. The van der Waals surface area contributed by atoms with Gasteiger partial charge in [0.25, 0.3) is 5.91 Å². The number of hydrogen-bond donors (Lipinski definition) is 1. The molecule has 1 fully saturated rings. The molecule has 1 heterocycles. The van der Waals surface area contributed by atoms with Crippen molar-refractivity contribution in [3.8, 4) is 0 Å². The highest BCUT2D eigenvalue weighted by atomic mass is 16.1. The van der Waals surface area contributed by atoms with E-state index in [1.807, 2.05) is 24.3 Å². The molecule has 0 unspecified atom stereocenters. The fraction of sp³-hybridized carbons (Fsp3) is 0.312. The Morgan fingerprint density at radius 1 is 1.20 bits per heavy atom. The monoisotopic (exact) mass is 267 g/mol. The molecule has 1 aromatic carbocycles. The average Bonchev–Trinajstić information content (AvgIpc) is 3.33. The maximum Gasteiger partial charge on any atom is 0.258 e. The van der Waals surface area contributed by atoms with E-state index in [-0.39, 0.29) is 5.91 Å². The van der Waals surface area contributed by atoms with Crippen LogP contribution in [0.2, 0.25) is 0 Å². The Morgan fingerprint density at radius 3 is 2.40 bits per heavy atom. The van der Waals surface area contributed by atoms with Crippen molar-refractivity contribution < 1.29 is 4.79 Å². The maximum absolute atomic E-state index is 12.1. The molecule has 2 aromatic rings. The third-order valence-corrected chi connectivity index (χ3v) is 3.50. The summed E-state index contributed by atoms with van der Waals surface area (Å²) in [6.07, 6.45) is 6.53. The highest BCUT2D eigenvalue weighted by Gasteiger charge is 2.26. The van der Waals surface area contributed by atoms with Crippen LogP contribution in [0, 0.1) is 0 Å². The molecule has 1 amide bonds. The molecular weight excluding hydrogens is 250 g/mol. The average molecular weight is 267 g/mol. The predicted octanol–water partition coefficient (Wildman–Crippen LogP) is 3.17. The van der Waals surface area contributed by atoms with Crippen molar-refractivity contribution in [3.63, 3.8) is 0 Å². The van der Waals surface area contributed by atoms with E-state index in [4.69, 9.17) is 0 Å². The summed E-state index contributed by atoms with van der Waals surface area (Å²) in [6, 6.07) is 7.86. The van der Waals surface area contributed by atoms with Crippen molar-refractivity contribution >= 4 is 11.6 Å². The maximum atomic E-state index is 12.1. The summed E-state index contributed by atoms with van der Waals surface area (Å²) in [5.74, 6) is 1.19. The fourth-order valence-corrected chi connectivity index (χ4v) is 2.03. The van der Waals surface area contributed by atoms with Gasteiger partial charge in [0.15, 0.2) is 0 Å². The fourth-order valence-electron chi connectivity index (χ4n) is 2.03. The van der Waals surface area contributed by atoms with E-state index in [1.54, 1.807) is 12.4 Å². The Hall–Kier alpha value is -2.23. The molecule has 0 atom stereocenters. The van der Waals surface area contributed by atoms with E-state index in [0.29, 0.717) is 11.5 Å². The molecule has 20 heavy (non-hydrogen) atoms. The van der Waals surface area contributed by atoms with Gasteiger partial charge in [0.1, 0.15) is 5.82 Å². The number of carbonyl (C=O) groups excluding carboxylic acids is 1. The molecule has 3 rings (SSSR count). The van der Waals surface area contributed by atoms with Crippen molar-refractivity contribution in [1.82, 2.24) is 9.97 Å². The second-order valence-corrected chi connectivity index (χ2v) is 5.11. The van der Waals surface area contributed by atoms with Gasteiger partial charge in [-0.1, -0.05) is 19.1 Å². The molecule has 4 nitrogen and oxygen atoms in total. The predicted molar refractivity (Wildman–Crippen MR) is 77.8 cm³/mol. The van der Waals surface area contributed by atoms with Crippen molar-refractivity contribution in [1.29, 1.82) is 0 Å². The number of hydrogen-bond acceptors (Lipinski definition) is 3. The van der Waals surface area contributed by atoms with E-state index >= 15 is 0 Å². The van der Waals surface area contributed by atoms with Crippen molar-refractivity contribution in [2.24, 2.45) is 0 Å². The molecule has 102 valence electrons. The number of nitrogens with zero attached hydrogens (tertiary/aromatic N) is 2. The van der Waals surface area contributed by atoms with Gasteiger partial charge >= 0.3 is 0 Å². The number of benzene rings is 1. The Bertz CT molecular complexity index is 601. The van der Waals surface area contributed by atoms with E-state index < -0.39 is 0 Å². The highest BCUT2D eigenvalue weighted by molar-refractivity contribution is 6.03. The van der Waals surface area contributed by atoms with Gasteiger partial charge in [-0.05, 0) is 37.0 Å². The summed E-state index contributed by atoms with van der Waals surface area (Å²) in [6.45, 7) is 2.10. The van der Waals surface area contributed by atoms with Crippen LogP contribution in [-0.4, -0.2) is 15.9 Å². The first-order valence-corrected chi connectivity index (χ1v) is 6.98. The first-order chi connectivity index (χ1) is 9.76. The van der Waals surface area contributed by atoms with Gasteiger partial charge in [-0.3, -0.25) is 4.79 Å². The van der Waals surface area contributed by atoms with E-state index in [0.717, 1.165) is 30.8 Å². The molecule has 0 bridgehead atoms. The number of amides is 1. The van der Waals surface area contributed by atoms with Gasteiger partial charge in [0.2, 0.25) is 0 Å². The summed E-state index contributed by atoms with van der Waals surface area (Å²) in [5, 5.41) is 2.85. The van der Waals surface area contributed by atoms with Gasteiger partial charge in [0, 0.05) is 24.0 Å². The van der Waals surface area contributed by atoms with Gasteiger partial charge in [0.05, 0.1) is 5.56 Å². The Morgan fingerprint density at radius 2 is 1.85 bits per heavy atom. The summed E-state index contributed by atoms with van der Waals surface area (Å²) >= 11 is 0. The van der Waals surface area contributed by atoms with Crippen LogP contribution in [0.4, 0.5) is 5.69 Å². The van der Waals surface area contributed by atoms with Crippen LogP contribution < -0.4 is 5.32 Å². The van der Waals surface area contributed by atoms with Gasteiger partial charge in [-0.2, -0.15) is 0 Å². The molecular formula is C16H17N3O. The number of anilines is 1.